The molecule has 0 fully saturated rings. The molecule has 1 N–H and O–H groups in total. The molecule has 0 bridgehead atoms. The molecule has 7 heteroatoms. The fourth-order valence-corrected chi connectivity index (χ4v) is 2.69. The van der Waals surface area contributed by atoms with Gasteiger partial charge in [0, 0.05) is 10.7 Å². The Kier molecular flexibility index (Phi) is 2.60. The minimum absolute atomic E-state index is 0.133. The van der Waals surface area contributed by atoms with Gasteiger partial charge in [-0.05, 0) is 22.0 Å². The normalized spacial score (nSPS) is 11.5. The first-order valence-corrected chi connectivity index (χ1v) is 5.80. The first-order chi connectivity index (χ1) is 5.41. The van der Waals surface area contributed by atoms with Gasteiger partial charge in [0.05, 0.1) is 10.7 Å². The third kappa shape index (κ3) is 2.09. The minimum Gasteiger partial charge on any atom is -0.506 e. The van der Waals surface area contributed by atoms with Gasteiger partial charge in [-0.2, -0.15) is 0 Å². The average Bonchev–Trinajstić information content (AvgIpc) is 1.83. The van der Waals surface area contributed by atoms with Crippen LogP contribution in [0.15, 0.2) is 21.8 Å². The number of nitrogens with zero attached hydrogens (tertiary/aromatic N) is 1. The van der Waals surface area contributed by atoms with E-state index in [0.29, 0.717) is 0 Å². The van der Waals surface area contributed by atoms with Crippen molar-refractivity contribution < 1.29 is 13.5 Å². The van der Waals surface area contributed by atoms with Crippen molar-refractivity contribution in [2.24, 2.45) is 0 Å². The molecule has 1 aromatic heterocycles. The molecule has 66 valence electrons. The molecule has 1 aromatic rings. The van der Waals surface area contributed by atoms with Gasteiger partial charge in [0.1, 0.15) is 5.75 Å². The molecule has 0 aliphatic rings. The zero-order valence-electron chi connectivity index (χ0n) is 5.53. The van der Waals surface area contributed by atoms with Crippen LogP contribution in [0, 0.1) is 0 Å². The fraction of sp³-hybridized carbons (Fsp3) is 0. The maximum absolute atomic E-state index is 10.8. The number of aromatic nitrogens is 1. The molecule has 0 atom stereocenters. The summed E-state index contributed by atoms with van der Waals surface area (Å²) in [5, 5.41) is 8.57. The van der Waals surface area contributed by atoms with Gasteiger partial charge in [0.25, 0.3) is 9.05 Å². The molecular formula is C5H3BrClNO3S. The number of rotatable bonds is 1. The Morgan fingerprint density at radius 1 is 1.58 bits per heavy atom. The molecule has 0 saturated heterocycles. The van der Waals surface area contributed by atoms with E-state index in [0.717, 1.165) is 6.20 Å². The van der Waals surface area contributed by atoms with Crippen LogP contribution in [0.1, 0.15) is 0 Å². The van der Waals surface area contributed by atoms with Crippen molar-refractivity contribution in [2.45, 2.75) is 5.03 Å². The van der Waals surface area contributed by atoms with Crippen molar-refractivity contribution in [3.63, 3.8) is 0 Å². The maximum Gasteiger partial charge on any atom is 0.279 e. The highest BCUT2D eigenvalue weighted by molar-refractivity contribution is 9.10. The molecule has 0 unspecified atom stereocenters. The smallest absolute Gasteiger partial charge is 0.279 e. The summed E-state index contributed by atoms with van der Waals surface area (Å²) in [7, 11) is 1.17. The van der Waals surface area contributed by atoms with Crippen LogP contribution in [0.25, 0.3) is 0 Å². The summed E-state index contributed by atoms with van der Waals surface area (Å²) in [6, 6.07) is 1.20. The van der Waals surface area contributed by atoms with Gasteiger partial charge in [0.2, 0.25) is 0 Å². The van der Waals surface area contributed by atoms with Crippen molar-refractivity contribution in [1.82, 2.24) is 4.98 Å². The number of hydrogen-bond acceptors (Lipinski definition) is 4. The molecular weight excluding hydrogens is 269 g/mol. The lowest BCUT2D eigenvalue weighted by molar-refractivity contribution is 0.470. The Hall–Kier alpha value is -0.330. The van der Waals surface area contributed by atoms with Crippen molar-refractivity contribution in [2.75, 3.05) is 0 Å². The monoisotopic (exact) mass is 271 g/mol. The molecule has 0 saturated carbocycles. The van der Waals surface area contributed by atoms with E-state index in [1.165, 1.54) is 6.07 Å². The predicted molar refractivity (Wildman–Crippen MR) is 46.6 cm³/mol. The summed E-state index contributed by atoms with van der Waals surface area (Å²) in [5.41, 5.74) is 0. The highest BCUT2D eigenvalue weighted by Crippen LogP contribution is 2.25. The summed E-state index contributed by atoms with van der Waals surface area (Å²) in [6.07, 6.45) is 1.00. The van der Waals surface area contributed by atoms with Crippen LogP contribution in [0.5, 0.6) is 5.75 Å². The molecule has 12 heavy (non-hydrogen) atoms. The molecule has 4 nitrogen and oxygen atoms in total. The molecule has 1 rings (SSSR count). The van der Waals surface area contributed by atoms with Crippen molar-refractivity contribution in [3.05, 3.63) is 16.7 Å². The van der Waals surface area contributed by atoms with Crippen LogP contribution in [0.4, 0.5) is 0 Å². The van der Waals surface area contributed by atoms with Gasteiger partial charge in [0.15, 0.2) is 5.03 Å². The van der Waals surface area contributed by atoms with E-state index in [2.05, 4.69) is 20.9 Å². The number of pyridine rings is 1. The predicted octanol–water partition coefficient (Wildman–Crippen LogP) is 1.48. The van der Waals surface area contributed by atoms with Crippen LogP contribution >= 0.6 is 26.6 Å². The zero-order chi connectivity index (χ0) is 9.35. The highest BCUT2D eigenvalue weighted by atomic mass is 79.9. The van der Waals surface area contributed by atoms with Gasteiger partial charge < -0.3 is 5.11 Å². The van der Waals surface area contributed by atoms with Crippen LogP contribution in [-0.4, -0.2) is 18.5 Å². The summed E-state index contributed by atoms with van der Waals surface area (Å²) in [4.78, 5) is 3.43. The maximum atomic E-state index is 10.8. The van der Waals surface area contributed by atoms with E-state index in [1.807, 2.05) is 0 Å². The Balaban J connectivity index is 3.39. The number of halogens is 2. The van der Waals surface area contributed by atoms with Crippen LogP contribution in [0.2, 0.25) is 0 Å². The van der Waals surface area contributed by atoms with Crippen molar-refractivity contribution in [1.29, 1.82) is 0 Å². The van der Waals surface area contributed by atoms with E-state index in [-0.39, 0.29) is 15.2 Å². The van der Waals surface area contributed by atoms with Crippen LogP contribution < -0.4 is 0 Å². The molecule has 0 aromatic carbocycles. The summed E-state index contributed by atoms with van der Waals surface area (Å²) < 4.78 is 21.6. The van der Waals surface area contributed by atoms with Crippen molar-refractivity contribution in [3.8, 4) is 5.75 Å². The summed E-state index contributed by atoms with van der Waals surface area (Å²) >= 11 is 2.90. The van der Waals surface area contributed by atoms with Gasteiger partial charge in [-0.15, -0.1) is 0 Å². The van der Waals surface area contributed by atoms with Gasteiger partial charge in [-0.1, -0.05) is 0 Å². The van der Waals surface area contributed by atoms with Crippen LogP contribution in [-0.2, 0) is 9.05 Å². The van der Waals surface area contributed by atoms with Crippen LogP contribution in [0.3, 0.4) is 0 Å². The molecule has 0 aliphatic carbocycles. The fourth-order valence-electron chi connectivity index (χ4n) is 0.595. The SMILES string of the molecule is O=S(=O)(Cl)c1ncc(O)cc1Br. The first kappa shape index (κ1) is 9.76. The van der Waals surface area contributed by atoms with Gasteiger partial charge >= 0.3 is 0 Å². The van der Waals surface area contributed by atoms with Gasteiger partial charge in [-0.25, -0.2) is 13.4 Å². The second kappa shape index (κ2) is 3.20. The van der Waals surface area contributed by atoms with E-state index < -0.39 is 9.05 Å². The van der Waals surface area contributed by atoms with E-state index in [1.54, 1.807) is 0 Å². The summed E-state index contributed by atoms with van der Waals surface area (Å²) in [6.45, 7) is 0. The molecule has 1 heterocycles. The Morgan fingerprint density at radius 3 is 2.58 bits per heavy atom. The largest absolute Gasteiger partial charge is 0.506 e. The quantitative estimate of drug-likeness (QED) is 0.786. The average molecular weight is 273 g/mol. The lowest BCUT2D eigenvalue weighted by Gasteiger charge is -1.98. The van der Waals surface area contributed by atoms with Crippen molar-refractivity contribution >= 4 is 35.7 Å². The van der Waals surface area contributed by atoms with E-state index in [9.17, 15) is 8.42 Å². The second-order valence-corrected chi connectivity index (χ2v) is 5.25. The van der Waals surface area contributed by atoms with E-state index >= 15 is 0 Å². The zero-order valence-corrected chi connectivity index (χ0v) is 8.69. The third-order valence-electron chi connectivity index (χ3n) is 1.02. The topological polar surface area (TPSA) is 67.3 Å². The number of hydrogen-bond donors (Lipinski definition) is 1. The molecule has 0 spiro atoms. The second-order valence-electron chi connectivity index (χ2n) is 1.92. The van der Waals surface area contributed by atoms with Gasteiger partial charge in [-0.3, -0.25) is 0 Å². The lowest BCUT2D eigenvalue weighted by atomic mass is 10.5. The summed E-state index contributed by atoms with van der Waals surface area (Å²) in [5.74, 6) is -0.133. The standard InChI is InChI=1S/C5H3BrClNO3S/c6-4-1-3(9)2-8-5(4)12(7,10)11/h1-2,9H. The minimum atomic E-state index is -3.85. The Morgan fingerprint density at radius 2 is 2.17 bits per heavy atom. The Bertz CT molecular complexity index is 405. The lowest BCUT2D eigenvalue weighted by Crippen LogP contribution is -1.95. The molecule has 0 radical (unpaired) electrons. The molecule has 0 amide bonds. The Labute approximate surface area is 81.7 Å². The number of aromatic hydroxyl groups is 1. The highest BCUT2D eigenvalue weighted by Gasteiger charge is 2.16. The molecule has 0 aliphatic heterocycles. The third-order valence-corrected chi connectivity index (χ3v) is 3.12. The first-order valence-electron chi connectivity index (χ1n) is 2.70. The van der Waals surface area contributed by atoms with E-state index in [4.69, 9.17) is 15.8 Å².